The molecule has 1 aromatic rings. The number of amides is 1. The number of cyclic esters (lactones) is 1. The van der Waals surface area contributed by atoms with Crippen LogP contribution in [-0.2, 0) is 14.3 Å². The molecule has 0 unspecified atom stereocenters. The van der Waals surface area contributed by atoms with Crippen molar-refractivity contribution < 1.29 is 24.2 Å². The van der Waals surface area contributed by atoms with Gasteiger partial charge in [-0.1, -0.05) is 51.1 Å². The molecule has 6 atom stereocenters. The van der Waals surface area contributed by atoms with Gasteiger partial charge in [-0.2, -0.15) is 0 Å². The Hall–Kier alpha value is -2.97. The molecule has 3 rings (SSSR count). The molecule has 0 radical (unpaired) electrons. The highest BCUT2D eigenvalue weighted by Crippen LogP contribution is 2.25. The summed E-state index contributed by atoms with van der Waals surface area (Å²) in [6.07, 6.45) is 10.6. The van der Waals surface area contributed by atoms with E-state index in [4.69, 9.17) is 9.47 Å². The second kappa shape index (κ2) is 15.0. The highest BCUT2D eigenvalue weighted by molar-refractivity contribution is 5.70. The number of nitrogens with zero attached hydrogens (tertiary/aromatic N) is 3. The van der Waals surface area contributed by atoms with Gasteiger partial charge in [-0.15, -0.1) is 0 Å². The number of aliphatic hydroxyl groups excluding tert-OH is 1. The van der Waals surface area contributed by atoms with Crippen molar-refractivity contribution in [1.82, 2.24) is 14.8 Å². The number of hydrogen-bond acceptors (Lipinski definition) is 7. The number of pyridine rings is 1. The van der Waals surface area contributed by atoms with Crippen LogP contribution in [0.3, 0.4) is 0 Å². The average molecular weight is 540 g/mol. The van der Waals surface area contributed by atoms with E-state index in [1.54, 1.807) is 11.1 Å². The van der Waals surface area contributed by atoms with Crippen LogP contribution < -0.4 is 0 Å². The molecule has 2 aliphatic rings. The van der Waals surface area contributed by atoms with Crippen molar-refractivity contribution in [2.45, 2.75) is 71.2 Å². The molecule has 1 N–H and O–H groups in total. The highest BCUT2D eigenvalue weighted by atomic mass is 16.6. The maximum atomic E-state index is 12.9. The third kappa shape index (κ3) is 9.62. The normalized spacial score (nSPS) is 29.7. The number of esters is 1. The molecule has 1 fully saturated rings. The zero-order chi connectivity index (χ0) is 28.4. The molecule has 1 aromatic heterocycles. The van der Waals surface area contributed by atoms with E-state index >= 15 is 0 Å². The van der Waals surface area contributed by atoms with Gasteiger partial charge in [0.25, 0.3) is 0 Å². The molecule has 0 spiro atoms. The predicted octanol–water partition coefficient (Wildman–Crippen LogP) is 4.73. The van der Waals surface area contributed by atoms with E-state index in [9.17, 15) is 14.7 Å². The van der Waals surface area contributed by atoms with Crippen molar-refractivity contribution in [3.05, 3.63) is 66.0 Å². The number of ether oxygens (including phenoxy) is 2. The minimum absolute atomic E-state index is 0.0129. The number of allylic oxidation sites excluding steroid dienone is 3. The molecular formula is C31H45N3O5. The molecule has 1 amide bonds. The molecule has 3 heterocycles. The SMILES string of the molecule is C/C(=C\C=C\[C@@H](C)c1ccccn1)[C@H]1OC(=O)C[C@H](O)CC[C@H](C)[C@@H](OC(=O)N2CCN(C)CC2)/C=C\[C@@H]1C. The second-order valence-electron chi connectivity index (χ2n) is 11.0. The molecule has 214 valence electrons. The molecule has 1 saturated heterocycles. The third-order valence-corrected chi connectivity index (χ3v) is 7.62. The number of piperazine rings is 1. The predicted molar refractivity (Wildman–Crippen MR) is 152 cm³/mol. The van der Waals surface area contributed by atoms with E-state index in [2.05, 4.69) is 22.9 Å². The Balaban J connectivity index is 1.76. The van der Waals surface area contributed by atoms with Crippen molar-refractivity contribution in [2.75, 3.05) is 33.2 Å². The largest absolute Gasteiger partial charge is 0.457 e. The van der Waals surface area contributed by atoms with Gasteiger partial charge in [0, 0.05) is 49.9 Å². The van der Waals surface area contributed by atoms with Gasteiger partial charge >= 0.3 is 12.1 Å². The molecular weight excluding hydrogens is 494 g/mol. The second-order valence-corrected chi connectivity index (χ2v) is 11.0. The summed E-state index contributed by atoms with van der Waals surface area (Å²) in [5.41, 5.74) is 1.87. The molecule has 0 saturated carbocycles. The van der Waals surface area contributed by atoms with Crippen LogP contribution in [0.5, 0.6) is 0 Å². The Morgan fingerprint density at radius 2 is 1.92 bits per heavy atom. The van der Waals surface area contributed by atoms with Crippen LogP contribution >= 0.6 is 0 Å². The Morgan fingerprint density at radius 3 is 2.62 bits per heavy atom. The van der Waals surface area contributed by atoms with Crippen LogP contribution in [0.4, 0.5) is 4.79 Å². The lowest BCUT2D eigenvalue weighted by atomic mass is 9.92. The van der Waals surface area contributed by atoms with E-state index in [-0.39, 0.29) is 30.3 Å². The fraction of sp³-hybridized carbons (Fsp3) is 0.581. The number of aliphatic hydroxyl groups is 1. The summed E-state index contributed by atoms with van der Waals surface area (Å²) in [4.78, 5) is 34.0. The van der Waals surface area contributed by atoms with Gasteiger partial charge < -0.3 is 24.4 Å². The van der Waals surface area contributed by atoms with Gasteiger partial charge in [-0.25, -0.2) is 4.79 Å². The number of aromatic nitrogens is 1. The number of hydrogen-bond donors (Lipinski definition) is 1. The van der Waals surface area contributed by atoms with Crippen molar-refractivity contribution in [3.8, 4) is 0 Å². The lowest BCUT2D eigenvalue weighted by Gasteiger charge is -2.33. The summed E-state index contributed by atoms with van der Waals surface area (Å²) in [6.45, 7) is 10.9. The number of likely N-dealkylation sites (N-methyl/N-ethyl adjacent to an activating group) is 1. The Labute approximate surface area is 233 Å². The topological polar surface area (TPSA) is 92.2 Å². The molecule has 0 bridgehead atoms. The van der Waals surface area contributed by atoms with Crippen LogP contribution in [0.25, 0.3) is 0 Å². The van der Waals surface area contributed by atoms with E-state index < -0.39 is 24.3 Å². The summed E-state index contributed by atoms with van der Waals surface area (Å²) in [5, 5.41) is 10.5. The maximum absolute atomic E-state index is 12.9. The standard InChI is InChI=1S/C31H45N3O5/c1-22(27-11-6-7-16-32-27)9-8-10-24(3)30-25(4)13-15-28(23(2)12-14-26(35)21-29(36)39-30)38-31(37)34-19-17-33(5)18-20-34/h6-11,13,15-16,22-23,25-26,28,30,35H,12,14,17-21H2,1-5H3/b9-8+,15-13-,24-10+/t22-,23+,25+,26-,28+,30-/m1/s1. The van der Waals surface area contributed by atoms with Crippen LogP contribution in [0.15, 0.2) is 60.3 Å². The van der Waals surface area contributed by atoms with Crippen LogP contribution in [0.2, 0.25) is 0 Å². The average Bonchev–Trinajstić information content (AvgIpc) is 2.92. The van der Waals surface area contributed by atoms with E-state index in [1.165, 1.54) is 0 Å². The summed E-state index contributed by atoms with van der Waals surface area (Å²) in [7, 11) is 2.05. The minimum Gasteiger partial charge on any atom is -0.457 e. The quantitative estimate of drug-likeness (QED) is 0.329. The van der Waals surface area contributed by atoms with Crippen LogP contribution in [-0.4, -0.2) is 83.5 Å². The maximum Gasteiger partial charge on any atom is 0.410 e. The number of rotatable bonds is 5. The van der Waals surface area contributed by atoms with Gasteiger partial charge in [-0.3, -0.25) is 9.78 Å². The fourth-order valence-electron chi connectivity index (χ4n) is 4.84. The zero-order valence-corrected chi connectivity index (χ0v) is 24.0. The first kappa shape index (κ1) is 30.6. The van der Waals surface area contributed by atoms with Gasteiger partial charge in [0.1, 0.15) is 12.2 Å². The van der Waals surface area contributed by atoms with E-state index in [0.717, 1.165) is 24.4 Å². The van der Waals surface area contributed by atoms with Crippen molar-refractivity contribution >= 4 is 12.1 Å². The molecule has 0 aromatic carbocycles. The lowest BCUT2D eigenvalue weighted by molar-refractivity contribution is -0.151. The van der Waals surface area contributed by atoms with Gasteiger partial charge in [0.05, 0.1) is 12.5 Å². The van der Waals surface area contributed by atoms with Gasteiger partial charge in [0.2, 0.25) is 0 Å². The molecule has 39 heavy (non-hydrogen) atoms. The highest BCUT2D eigenvalue weighted by Gasteiger charge is 2.29. The monoisotopic (exact) mass is 539 g/mol. The fourth-order valence-corrected chi connectivity index (χ4v) is 4.84. The Kier molecular flexibility index (Phi) is 11.7. The smallest absolute Gasteiger partial charge is 0.410 e. The Bertz CT molecular complexity index is 1020. The molecule has 0 aliphatic carbocycles. The number of carbonyl (C=O) groups is 2. The lowest BCUT2D eigenvalue weighted by Crippen LogP contribution is -2.48. The summed E-state index contributed by atoms with van der Waals surface area (Å²) in [6, 6.07) is 5.86. The van der Waals surface area contributed by atoms with Crippen molar-refractivity contribution in [3.63, 3.8) is 0 Å². The molecule has 8 heteroatoms. The minimum atomic E-state index is -0.809. The van der Waals surface area contributed by atoms with Crippen LogP contribution in [0.1, 0.15) is 58.6 Å². The number of carbonyl (C=O) groups excluding carboxylic acids is 2. The Morgan fingerprint density at radius 1 is 1.18 bits per heavy atom. The summed E-state index contributed by atoms with van der Waals surface area (Å²) >= 11 is 0. The van der Waals surface area contributed by atoms with E-state index in [1.807, 2.05) is 70.3 Å². The summed E-state index contributed by atoms with van der Waals surface area (Å²) < 4.78 is 11.8. The van der Waals surface area contributed by atoms with Crippen molar-refractivity contribution in [1.29, 1.82) is 0 Å². The van der Waals surface area contributed by atoms with Crippen molar-refractivity contribution in [2.24, 2.45) is 11.8 Å². The van der Waals surface area contributed by atoms with Crippen LogP contribution in [0, 0.1) is 11.8 Å². The van der Waals surface area contributed by atoms with E-state index in [0.29, 0.717) is 25.9 Å². The van der Waals surface area contributed by atoms with Gasteiger partial charge in [0.15, 0.2) is 0 Å². The summed E-state index contributed by atoms with van der Waals surface area (Å²) in [5.74, 6) is -0.460. The first-order valence-corrected chi connectivity index (χ1v) is 14.1. The third-order valence-electron chi connectivity index (χ3n) is 7.62. The zero-order valence-electron chi connectivity index (χ0n) is 24.0. The first-order valence-electron chi connectivity index (χ1n) is 14.1. The molecule has 2 aliphatic heterocycles. The molecule has 8 nitrogen and oxygen atoms in total. The van der Waals surface area contributed by atoms with Gasteiger partial charge in [-0.05, 0) is 56.5 Å². The first-order chi connectivity index (χ1) is 18.6.